The molecule has 1 fully saturated rings. The smallest absolute Gasteiger partial charge is 0.169 e. The molecular formula is C18H25N3OS. The van der Waals surface area contributed by atoms with Crippen molar-refractivity contribution in [3.8, 4) is 5.75 Å². The largest absolute Gasteiger partial charge is 0.493 e. The molecule has 3 rings (SSSR count). The lowest BCUT2D eigenvalue weighted by Gasteiger charge is -2.36. The molecule has 0 radical (unpaired) electrons. The molecule has 2 heterocycles. The van der Waals surface area contributed by atoms with Crippen molar-refractivity contribution in [1.82, 2.24) is 15.1 Å². The third-order valence-corrected chi connectivity index (χ3v) is 4.76. The van der Waals surface area contributed by atoms with Crippen LogP contribution in [0.5, 0.6) is 5.75 Å². The highest BCUT2D eigenvalue weighted by atomic mass is 32.1. The van der Waals surface area contributed by atoms with E-state index in [-0.39, 0.29) is 0 Å². The van der Waals surface area contributed by atoms with Gasteiger partial charge in [0.1, 0.15) is 5.75 Å². The van der Waals surface area contributed by atoms with Crippen LogP contribution in [0, 0.1) is 0 Å². The fraction of sp³-hybridized carbons (Fsp3) is 0.500. The molecule has 0 atom stereocenters. The van der Waals surface area contributed by atoms with E-state index < -0.39 is 0 Å². The summed E-state index contributed by atoms with van der Waals surface area (Å²) in [5, 5.41) is 4.12. The second-order valence-electron chi connectivity index (χ2n) is 6.42. The van der Waals surface area contributed by atoms with Gasteiger partial charge < -0.3 is 15.0 Å². The lowest BCUT2D eigenvalue weighted by Crippen LogP contribution is -2.51. The molecule has 0 aromatic heterocycles. The zero-order valence-corrected chi connectivity index (χ0v) is 14.6. The molecule has 1 aromatic carbocycles. The fourth-order valence-electron chi connectivity index (χ4n) is 3.04. The van der Waals surface area contributed by atoms with Crippen LogP contribution in [-0.2, 0) is 13.0 Å². The number of fused-ring (bicyclic) bond motifs is 1. The van der Waals surface area contributed by atoms with Crippen LogP contribution in [0.4, 0.5) is 0 Å². The third-order valence-electron chi connectivity index (χ3n) is 4.36. The second-order valence-corrected chi connectivity index (χ2v) is 6.81. The van der Waals surface area contributed by atoms with E-state index in [0.717, 1.165) is 68.7 Å². The summed E-state index contributed by atoms with van der Waals surface area (Å²) < 4.78 is 5.58. The molecule has 0 amide bonds. The van der Waals surface area contributed by atoms with Gasteiger partial charge in [0, 0.05) is 45.7 Å². The van der Waals surface area contributed by atoms with E-state index >= 15 is 0 Å². The van der Waals surface area contributed by atoms with E-state index in [2.05, 4.69) is 39.9 Å². The van der Waals surface area contributed by atoms with Gasteiger partial charge in [-0.1, -0.05) is 24.3 Å². The zero-order chi connectivity index (χ0) is 16.2. The monoisotopic (exact) mass is 331 g/mol. The molecule has 1 saturated heterocycles. The van der Waals surface area contributed by atoms with Gasteiger partial charge in [0.2, 0.25) is 0 Å². The minimum Gasteiger partial charge on any atom is -0.493 e. The number of nitrogens with zero attached hydrogens (tertiary/aromatic N) is 2. The number of rotatable bonds is 4. The van der Waals surface area contributed by atoms with Crippen molar-refractivity contribution in [3.63, 3.8) is 0 Å². The Bertz CT molecular complexity index is 594. The number of hydrogen-bond acceptors (Lipinski definition) is 3. The van der Waals surface area contributed by atoms with Gasteiger partial charge in [-0.25, -0.2) is 0 Å². The van der Waals surface area contributed by atoms with Crippen LogP contribution in [0.3, 0.4) is 0 Å². The van der Waals surface area contributed by atoms with Gasteiger partial charge >= 0.3 is 0 Å². The summed E-state index contributed by atoms with van der Waals surface area (Å²) in [6.45, 7) is 12.6. The molecule has 0 saturated carbocycles. The second kappa shape index (κ2) is 7.32. The maximum Gasteiger partial charge on any atom is 0.169 e. The van der Waals surface area contributed by atoms with Crippen molar-refractivity contribution >= 4 is 17.3 Å². The summed E-state index contributed by atoms with van der Waals surface area (Å²) in [5.41, 5.74) is 3.84. The Hall–Kier alpha value is -1.59. The van der Waals surface area contributed by atoms with Gasteiger partial charge in [0.05, 0.1) is 6.61 Å². The molecule has 23 heavy (non-hydrogen) atoms. The average molecular weight is 331 g/mol. The van der Waals surface area contributed by atoms with Crippen molar-refractivity contribution in [2.24, 2.45) is 0 Å². The molecule has 2 aliphatic rings. The summed E-state index contributed by atoms with van der Waals surface area (Å²) >= 11 is 5.46. The lowest BCUT2D eigenvalue weighted by atomic mass is 10.1. The van der Waals surface area contributed by atoms with E-state index in [9.17, 15) is 0 Å². The molecule has 124 valence electrons. The highest BCUT2D eigenvalue weighted by molar-refractivity contribution is 7.80. The molecule has 0 bridgehead atoms. The summed E-state index contributed by atoms with van der Waals surface area (Å²) in [5.74, 6) is 1.06. The van der Waals surface area contributed by atoms with Gasteiger partial charge in [-0.3, -0.25) is 4.90 Å². The van der Waals surface area contributed by atoms with Crippen LogP contribution < -0.4 is 10.1 Å². The normalized spacial score (nSPS) is 17.5. The first-order valence-electron chi connectivity index (χ1n) is 8.26. The Labute approximate surface area is 144 Å². The Morgan fingerprint density at radius 1 is 1.30 bits per heavy atom. The zero-order valence-electron chi connectivity index (χ0n) is 13.8. The molecule has 5 heteroatoms. The lowest BCUT2D eigenvalue weighted by molar-refractivity contribution is 0.174. The molecule has 0 unspecified atom stereocenters. The van der Waals surface area contributed by atoms with Crippen LogP contribution in [0.15, 0.2) is 30.4 Å². The number of nitrogens with one attached hydrogen (secondary N) is 1. The number of benzene rings is 1. The van der Waals surface area contributed by atoms with E-state index in [1.807, 2.05) is 6.92 Å². The fourth-order valence-corrected chi connectivity index (χ4v) is 3.30. The standard InChI is InChI=1S/C18H25N3OS/c1-14(2)12-19-18(23)21-8-6-20(7-9-21)13-15-3-4-17-16(11-15)5-10-22-17/h3-4,11H,1,5-10,12-13H2,2H3,(H,19,23). The predicted molar refractivity (Wildman–Crippen MR) is 97.9 cm³/mol. The molecule has 1 N–H and O–H groups in total. The third kappa shape index (κ3) is 4.24. The predicted octanol–water partition coefficient (Wildman–Crippen LogP) is 2.19. The van der Waals surface area contributed by atoms with E-state index in [4.69, 9.17) is 17.0 Å². The van der Waals surface area contributed by atoms with Crippen LogP contribution in [0.25, 0.3) is 0 Å². The minimum absolute atomic E-state index is 0.760. The summed E-state index contributed by atoms with van der Waals surface area (Å²) in [7, 11) is 0. The van der Waals surface area contributed by atoms with Gasteiger partial charge in [-0.15, -0.1) is 0 Å². The van der Waals surface area contributed by atoms with Crippen LogP contribution in [0.1, 0.15) is 18.1 Å². The topological polar surface area (TPSA) is 27.7 Å². The highest BCUT2D eigenvalue weighted by Gasteiger charge is 2.19. The van der Waals surface area contributed by atoms with Crippen LogP contribution in [-0.4, -0.2) is 54.2 Å². The van der Waals surface area contributed by atoms with Gasteiger partial charge in [-0.2, -0.15) is 0 Å². The molecule has 2 aliphatic heterocycles. The molecular weight excluding hydrogens is 306 g/mol. The number of hydrogen-bond donors (Lipinski definition) is 1. The van der Waals surface area contributed by atoms with Gasteiger partial charge in [0.15, 0.2) is 5.11 Å². The maximum atomic E-state index is 5.58. The van der Waals surface area contributed by atoms with E-state index in [0.29, 0.717) is 0 Å². The van der Waals surface area contributed by atoms with Crippen molar-refractivity contribution in [3.05, 3.63) is 41.5 Å². The molecule has 4 nitrogen and oxygen atoms in total. The Kier molecular flexibility index (Phi) is 5.18. The summed E-state index contributed by atoms with van der Waals surface area (Å²) in [6, 6.07) is 6.61. The number of thiocarbonyl (C=S) groups is 1. The molecule has 1 aromatic rings. The summed E-state index contributed by atoms with van der Waals surface area (Å²) in [6.07, 6.45) is 1.04. The quantitative estimate of drug-likeness (QED) is 0.674. The molecule has 0 spiro atoms. The highest BCUT2D eigenvalue weighted by Crippen LogP contribution is 2.26. The van der Waals surface area contributed by atoms with Crippen molar-refractivity contribution < 1.29 is 4.74 Å². The first-order valence-corrected chi connectivity index (χ1v) is 8.67. The van der Waals surface area contributed by atoms with Gasteiger partial charge in [0.25, 0.3) is 0 Å². The summed E-state index contributed by atoms with van der Waals surface area (Å²) in [4.78, 5) is 4.75. The Morgan fingerprint density at radius 3 is 2.83 bits per heavy atom. The van der Waals surface area contributed by atoms with Crippen LogP contribution in [0.2, 0.25) is 0 Å². The average Bonchev–Trinajstić information content (AvgIpc) is 3.01. The van der Waals surface area contributed by atoms with Crippen molar-refractivity contribution in [2.75, 3.05) is 39.3 Å². The SMILES string of the molecule is C=C(C)CNC(=S)N1CCN(Cc2ccc3c(c2)CCO3)CC1. The Balaban J connectivity index is 1.47. The van der Waals surface area contributed by atoms with Crippen molar-refractivity contribution in [2.45, 2.75) is 19.9 Å². The van der Waals surface area contributed by atoms with E-state index in [1.54, 1.807) is 0 Å². The number of piperazine rings is 1. The Morgan fingerprint density at radius 2 is 2.09 bits per heavy atom. The van der Waals surface area contributed by atoms with Crippen molar-refractivity contribution in [1.29, 1.82) is 0 Å². The van der Waals surface area contributed by atoms with Crippen LogP contribution >= 0.6 is 12.2 Å². The maximum absolute atomic E-state index is 5.58. The van der Waals surface area contributed by atoms with Gasteiger partial charge in [-0.05, 0) is 36.3 Å². The molecule has 0 aliphatic carbocycles. The number of ether oxygens (including phenoxy) is 1. The van der Waals surface area contributed by atoms with E-state index in [1.165, 1.54) is 11.1 Å². The first kappa shape index (κ1) is 16.3. The minimum atomic E-state index is 0.760. The first-order chi connectivity index (χ1) is 11.1.